The smallest absolute Gasteiger partial charge is 0.341 e. The molecule has 1 fully saturated rings. The molecule has 2 aromatic carbocycles. The minimum absolute atomic E-state index is 0.363. The van der Waals surface area contributed by atoms with Gasteiger partial charge in [-0.15, -0.1) is 0 Å². The number of fused-ring (bicyclic) bond motifs is 1. The van der Waals surface area contributed by atoms with Crippen molar-refractivity contribution < 1.29 is 19.4 Å². The van der Waals surface area contributed by atoms with Crippen LogP contribution in [0.15, 0.2) is 48.7 Å². The first kappa shape index (κ1) is 17.7. The minimum atomic E-state index is -0.997. The minimum Gasteiger partial charge on any atom is -0.493 e. The molecule has 140 valence electrons. The van der Waals surface area contributed by atoms with Crippen LogP contribution in [-0.4, -0.2) is 28.9 Å². The van der Waals surface area contributed by atoms with Gasteiger partial charge in [0.25, 0.3) is 0 Å². The molecular formula is C21H20ClNO4. The fourth-order valence-corrected chi connectivity index (χ4v) is 3.28. The number of hydrogen-bond donors (Lipinski definition) is 1. The van der Waals surface area contributed by atoms with Crippen LogP contribution in [0.2, 0.25) is 5.02 Å². The number of carboxylic acids is 1. The van der Waals surface area contributed by atoms with Gasteiger partial charge < -0.3 is 19.1 Å². The molecule has 1 aliphatic carbocycles. The van der Waals surface area contributed by atoms with Gasteiger partial charge in [-0.25, -0.2) is 4.79 Å². The molecule has 0 spiro atoms. The number of aliphatic carboxylic acids is 1. The van der Waals surface area contributed by atoms with Crippen molar-refractivity contribution >= 4 is 28.5 Å². The quantitative estimate of drug-likeness (QED) is 0.615. The number of benzene rings is 2. The van der Waals surface area contributed by atoms with E-state index < -0.39 is 5.97 Å². The van der Waals surface area contributed by atoms with Crippen LogP contribution in [-0.2, 0) is 11.3 Å². The molecule has 27 heavy (non-hydrogen) atoms. The van der Waals surface area contributed by atoms with Crippen LogP contribution in [0.25, 0.3) is 10.9 Å². The molecule has 5 nitrogen and oxygen atoms in total. The highest BCUT2D eigenvalue weighted by molar-refractivity contribution is 6.30. The molecule has 1 N–H and O–H groups in total. The number of ether oxygens (including phenoxy) is 2. The Kier molecular flexibility index (Phi) is 4.94. The maximum atomic E-state index is 10.8. The zero-order valence-electron chi connectivity index (χ0n) is 14.7. The summed E-state index contributed by atoms with van der Waals surface area (Å²) in [5, 5.41) is 10.4. The van der Waals surface area contributed by atoms with Crippen LogP contribution in [0.1, 0.15) is 18.4 Å². The Morgan fingerprint density at radius 3 is 2.78 bits per heavy atom. The molecule has 1 aliphatic rings. The Morgan fingerprint density at radius 1 is 1.15 bits per heavy atom. The van der Waals surface area contributed by atoms with E-state index in [1.807, 2.05) is 42.6 Å². The molecule has 4 rings (SSSR count). The summed E-state index contributed by atoms with van der Waals surface area (Å²) in [6.45, 7) is 0.985. The number of rotatable bonds is 8. The first-order valence-electron chi connectivity index (χ1n) is 8.94. The van der Waals surface area contributed by atoms with E-state index in [1.165, 1.54) is 12.8 Å². The van der Waals surface area contributed by atoms with Gasteiger partial charge in [-0.2, -0.15) is 0 Å². The zero-order valence-corrected chi connectivity index (χ0v) is 15.5. The van der Waals surface area contributed by atoms with Crippen LogP contribution >= 0.6 is 11.6 Å². The Labute approximate surface area is 162 Å². The first-order valence-corrected chi connectivity index (χ1v) is 9.31. The average molecular weight is 386 g/mol. The van der Waals surface area contributed by atoms with Gasteiger partial charge in [0.2, 0.25) is 0 Å². The zero-order chi connectivity index (χ0) is 18.8. The molecule has 0 unspecified atom stereocenters. The van der Waals surface area contributed by atoms with Crippen LogP contribution in [0.4, 0.5) is 0 Å². The third-order valence-electron chi connectivity index (χ3n) is 4.66. The highest BCUT2D eigenvalue weighted by Crippen LogP contribution is 2.32. The van der Waals surface area contributed by atoms with Crippen molar-refractivity contribution in [2.24, 2.45) is 5.92 Å². The van der Waals surface area contributed by atoms with Gasteiger partial charge in [-0.3, -0.25) is 0 Å². The number of nitrogens with zero attached hydrogens (tertiary/aromatic N) is 1. The average Bonchev–Trinajstić information content (AvgIpc) is 3.39. The van der Waals surface area contributed by atoms with E-state index in [-0.39, 0.29) is 6.61 Å². The monoisotopic (exact) mass is 385 g/mol. The molecular weight excluding hydrogens is 366 g/mol. The topological polar surface area (TPSA) is 60.7 Å². The molecule has 0 amide bonds. The van der Waals surface area contributed by atoms with Gasteiger partial charge in [0.05, 0.1) is 18.7 Å². The summed E-state index contributed by atoms with van der Waals surface area (Å²) in [6.07, 6.45) is 4.44. The van der Waals surface area contributed by atoms with E-state index in [2.05, 4.69) is 4.57 Å². The van der Waals surface area contributed by atoms with Crippen LogP contribution in [0.3, 0.4) is 0 Å². The van der Waals surface area contributed by atoms with Crippen molar-refractivity contribution in [1.82, 2.24) is 4.57 Å². The summed E-state index contributed by atoms with van der Waals surface area (Å²) >= 11 is 6.21. The first-order chi connectivity index (χ1) is 13.1. The van der Waals surface area contributed by atoms with Gasteiger partial charge in [-0.1, -0.05) is 17.7 Å². The molecule has 1 saturated carbocycles. The Bertz CT molecular complexity index is 977. The largest absolute Gasteiger partial charge is 0.493 e. The number of carboxylic acid groups (broad SMARTS) is 1. The van der Waals surface area contributed by atoms with Crippen LogP contribution in [0.5, 0.6) is 11.5 Å². The van der Waals surface area contributed by atoms with Crippen molar-refractivity contribution in [2.75, 3.05) is 13.2 Å². The van der Waals surface area contributed by atoms with Crippen molar-refractivity contribution in [1.29, 1.82) is 0 Å². The summed E-state index contributed by atoms with van der Waals surface area (Å²) in [7, 11) is 0. The van der Waals surface area contributed by atoms with E-state index in [9.17, 15) is 4.79 Å². The third-order valence-corrected chi connectivity index (χ3v) is 4.89. The fourth-order valence-electron chi connectivity index (χ4n) is 3.09. The van der Waals surface area contributed by atoms with E-state index in [4.69, 9.17) is 26.2 Å². The van der Waals surface area contributed by atoms with Crippen molar-refractivity contribution in [2.45, 2.75) is 19.4 Å². The summed E-state index contributed by atoms with van der Waals surface area (Å²) in [4.78, 5) is 10.8. The summed E-state index contributed by atoms with van der Waals surface area (Å²) < 4.78 is 13.5. The number of halogens is 1. The normalized spacial score (nSPS) is 13.7. The maximum absolute atomic E-state index is 10.8. The molecule has 1 heterocycles. The number of hydrogen-bond acceptors (Lipinski definition) is 3. The van der Waals surface area contributed by atoms with Gasteiger partial charge in [0.15, 0.2) is 6.61 Å². The van der Waals surface area contributed by atoms with Crippen molar-refractivity contribution in [3.63, 3.8) is 0 Å². The fraction of sp³-hybridized carbons (Fsp3) is 0.286. The molecule has 0 atom stereocenters. The second kappa shape index (κ2) is 7.53. The maximum Gasteiger partial charge on any atom is 0.341 e. The molecule has 3 aromatic rings. The summed E-state index contributed by atoms with van der Waals surface area (Å²) in [5.41, 5.74) is 1.98. The van der Waals surface area contributed by atoms with E-state index in [1.54, 1.807) is 6.07 Å². The third kappa shape index (κ3) is 4.19. The SMILES string of the molecule is O=C(O)COc1cccc2c1ccn2Cc1cc(Cl)ccc1OCC1CC1. The predicted molar refractivity (Wildman–Crippen MR) is 104 cm³/mol. The lowest BCUT2D eigenvalue weighted by Crippen LogP contribution is -2.09. The lowest BCUT2D eigenvalue weighted by Gasteiger charge is -2.13. The van der Waals surface area contributed by atoms with Gasteiger partial charge in [-0.05, 0) is 55.2 Å². The second-order valence-corrected chi connectivity index (χ2v) is 7.26. The van der Waals surface area contributed by atoms with Crippen molar-refractivity contribution in [3.8, 4) is 11.5 Å². The summed E-state index contributed by atoms with van der Waals surface area (Å²) in [6, 6.07) is 13.3. The van der Waals surface area contributed by atoms with E-state index in [0.717, 1.165) is 28.8 Å². The number of aromatic nitrogens is 1. The lowest BCUT2D eigenvalue weighted by atomic mass is 10.2. The van der Waals surface area contributed by atoms with Gasteiger partial charge in [0.1, 0.15) is 11.5 Å². The molecule has 0 radical (unpaired) electrons. The van der Waals surface area contributed by atoms with Crippen LogP contribution < -0.4 is 9.47 Å². The Hall–Kier alpha value is -2.66. The molecule has 0 saturated heterocycles. The predicted octanol–water partition coefficient (Wildman–Crippen LogP) is 4.60. The molecule has 1 aromatic heterocycles. The Morgan fingerprint density at radius 2 is 2.00 bits per heavy atom. The van der Waals surface area contributed by atoms with Crippen molar-refractivity contribution in [3.05, 3.63) is 59.2 Å². The highest BCUT2D eigenvalue weighted by atomic mass is 35.5. The number of carbonyl (C=O) groups is 1. The Balaban J connectivity index is 1.60. The summed E-state index contributed by atoms with van der Waals surface area (Å²) in [5.74, 6) is 1.09. The van der Waals surface area contributed by atoms with E-state index in [0.29, 0.717) is 23.2 Å². The van der Waals surface area contributed by atoms with E-state index >= 15 is 0 Å². The molecule has 6 heteroatoms. The lowest BCUT2D eigenvalue weighted by molar-refractivity contribution is -0.139. The standard InChI is InChI=1S/C21H20ClNO4/c22-16-6-7-19(26-12-14-4-5-14)15(10-16)11-23-9-8-17-18(23)2-1-3-20(17)27-13-21(24)25/h1-3,6-10,14H,4-5,11-13H2,(H,24,25). The van der Waals surface area contributed by atoms with Crippen LogP contribution in [0, 0.1) is 5.92 Å². The van der Waals surface area contributed by atoms with Gasteiger partial charge >= 0.3 is 5.97 Å². The molecule has 0 bridgehead atoms. The highest BCUT2D eigenvalue weighted by Gasteiger charge is 2.22. The molecule has 0 aliphatic heterocycles. The van der Waals surface area contributed by atoms with Gasteiger partial charge in [0, 0.05) is 22.2 Å². The second-order valence-electron chi connectivity index (χ2n) is 6.82.